The fourth-order valence-electron chi connectivity index (χ4n) is 3.57. The quantitative estimate of drug-likeness (QED) is 0.811. The Balaban J connectivity index is 1.68. The molecule has 1 fully saturated rings. The predicted molar refractivity (Wildman–Crippen MR) is 94.4 cm³/mol. The van der Waals surface area contributed by atoms with Crippen LogP contribution in [-0.2, 0) is 21.4 Å². The molecule has 1 aliphatic heterocycles. The van der Waals surface area contributed by atoms with E-state index in [1.165, 1.54) is 14.2 Å². The van der Waals surface area contributed by atoms with Gasteiger partial charge in [-0.1, -0.05) is 24.3 Å². The van der Waals surface area contributed by atoms with Crippen molar-refractivity contribution in [1.82, 2.24) is 13.5 Å². The van der Waals surface area contributed by atoms with E-state index in [1.54, 1.807) is 18.9 Å². The number of benzene rings is 1. The van der Waals surface area contributed by atoms with Gasteiger partial charge in [0.2, 0.25) is 0 Å². The summed E-state index contributed by atoms with van der Waals surface area (Å²) in [6, 6.07) is 7.90. The zero-order chi connectivity index (χ0) is 18.0. The minimum atomic E-state index is -3.56. The van der Waals surface area contributed by atoms with Crippen LogP contribution in [0.4, 0.5) is 4.79 Å². The van der Waals surface area contributed by atoms with Crippen molar-refractivity contribution < 1.29 is 17.9 Å². The van der Waals surface area contributed by atoms with E-state index < -0.39 is 10.2 Å². The lowest BCUT2D eigenvalue weighted by Crippen LogP contribution is -2.54. The number of nitrogens with zero attached hydrogens (tertiary/aromatic N) is 3. The molecule has 138 valence electrons. The maximum absolute atomic E-state index is 13.0. The maximum Gasteiger partial charge on any atom is 0.409 e. The first-order valence-electron chi connectivity index (χ1n) is 8.67. The standard InChI is InChI=1S/C17H25N3O4S/c1-3-24-17(21)19-10-12-20(13-11-19)25(22,23)18(2)16-9-8-14-6-4-5-7-15(14)16/h4-7,16H,3,8-13H2,1-2H3. The molecule has 1 aliphatic carbocycles. The van der Waals surface area contributed by atoms with E-state index in [9.17, 15) is 13.2 Å². The van der Waals surface area contributed by atoms with Crippen LogP contribution in [0.3, 0.4) is 0 Å². The fraction of sp³-hybridized carbons (Fsp3) is 0.588. The van der Waals surface area contributed by atoms with E-state index in [0.29, 0.717) is 32.8 Å². The van der Waals surface area contributed by atoms with E-state index in [0.717, 1.165) is 18.4 Å². The Hall–Kier alpha value is -1.64. The van der Waals surface area contributed by atoms with Crippen LogP contribution in [0.2, 0.25) is 0 Å². The first kappa shape index (κ1) is 18.2. The summed E-state index contributed by atoms with van der Waals surface area (Å²) in [5, 5.41) is 0. The second-order valence-electron chi connectivity index (χ2n) is 6.36. The molecule has 1 aromatic rings. The second-order valence-corrected chi connectivity index (χ2v) is 8.35. The van der Waals surface area contributed by atoms with Crippen LogP contribution in [0, 0.1) is 0 Å². The molecule has 25 heavy (non-hydrogen) atoms. The smallest absolute Gasteiger partial charge is 0.409 e. The number of aryl methyl sites for hydroxylation is 1. The molecule has 2 aliphatic rings. The van der Waals surface area contributed by atoms with Crippen LogP contribution < -0.4 is 0 Å². The molecule has 1 heterocycles. The van der Waals surface area contributed by atoms with Crippen molar-refractivity contribution in [3.05, 3.63) is 35.4 Å². The molecule has 1 aromatic carbocycles. The summed E-state index contributed by atoms with van der Waals surface area (Å²) in [5.41, 5.74) is 2.32. The van der Waals surface area contributed by atoms with Gasteiger partial charge in [-0.3, -0.25) is 0 Å². The molecule has 1 atom stereocenters. The normalized spacial score (nSPS) is 21.4. The highest BCUT2D eigenvalue weighted by molar-refractivity contribution is 7.86. The van der Waals surface area contributed by atoms with Crippen LogP contribution in [0.15, 0.2) is 24.3 Å². The average Bonchev–Trinajstić information content (AvgIpc) is 3.05. The molecule has 0 spiro atoms. The maximum atomic E-state index is 13.0. The number of carbonyl (C=O) groups excluding carboxylic acids is 1. The molecule has 0 radical (unpaired) electrons. The van der Waals surface area contributed by atoms with E-state index in [4.69, 9.17) is 4.74 Å². The number of carbonyl (C=O) groups is 1. The Morgan fingerprint density at radius 3 is 2.60 bits per heavy atom. The molecule has 1 unspecified atom stereocenters. The summed E-state index contributed by atoms with van der Waals surface area (Å²) in [5.74, 6) is 0. The topological polar surface area (TPSA) is 70.2 Å². The lowest BCUT2D eigenvalue weighted by atomic mass is 10.1. The molecule has 0 aromatic heterocycles. The van der Waals surface area contributed by atoms with Gasteiger partial charge in [0, 0.05) is 33.2 Å². The highest BCUT2D eigenvalue weighted by Crippen LogP contribution is 2.36. The van der Waals surface area contributed by atoms with Gasteiger partial charge in [0.15, 0.2) is 0 Å². The Bertz CT molecular complexity index is 729. The number of piperazine rings is 1. The minimum Gasteiger partial charge on any atom is -0.450 e. The molecule has 8 heteroatoms. The van der Waals surface area contributed by atoms with E-state index in [1.807, 2.05) is 18.2 Å². The summed E-state index contributed by atoms with van der Waals surface area (Å²) in [7, 11) is -1.91. The van der Waals surface area contributed by atoms with Crippen LogP contribution in [-0.4, -0.2) is 67.9 Å². The van der Waals surface area contributed by atoms with Crippen LogP contribution in [0.5, 0.6) is 0 Å². The van der Waals surface area contributed by atoms with Gasteiger partial charge < -0.3 is 9.64 Å². The van der Waals surface area contributed by atoms with Gasteiger partial charge in [-0.2, -0.15) is 17.0 Å². The molecule has 7 nitrogen and oxygen atoms in total. The number of hydrogen-bond donors (Lipinski definition) is 0. The SMILES string of the molecule is CCOC(=O)N1CCN(S(=O)(=O)N(C)C2CCc3ccccc32)CC1. The van der Waals surface area contributed by atoms with Gasteiger partial charge in [-0.15, -0.1) is 0 Å². The first-order valence-corrected chi connectivity index (χ1v) is 10.1. The highest BCUT2D eigenvalue weighted by Gasteiger charge is 2.37. The summed E-state index contributed by atoms with van der Waals surface area (Å²) in [6.45, 7) is 3.37. The Morgan fingerprint density at radius 1 is 1.24 bits per heavy atom. The Labute approximate surface area is 149 Å². The van der Waals surface area contributed by atoms with Gasteiger partial charge in [0.05, 0.1) is 12.6 Å². The zero-order valence-corrected chi connectivity index (χ0v) is 15.5. The lowest BCUT2D eigenvalue weighted by molar-refractivity contribution is 0.0923. The van der Waals surface area contributed by atoms with Crippen molar-refractivity contribution in [2.75, 3.05) is 39.8 Å². The summed E-state index contributed by atoms with van der Waals surface area (Å²) in [4.78, 5) is 13.3. The van der Waals surface area contributed by atoms with E-state index in [2.05, 4.69) is 6.07 Å². The highest BCUT2D eigenvalue weighted by atomic mass is 32.2. The van der Waals surface area contributed by atoms with Crippen molar-refractivity contribution in [1.29, 1.82) is 0 Å². The fourth-order valence-corrected chi connectivity index (χ4v) is 5.10. The molecular weight excluding hydrogens is 342 g/mol. The Kier molecular flexibility index (Phi) is 5.31. The van der Waals surface area contributed by atoms with Crippen LogP contribution in [0.1, 0.15) is 30.5 Å². The molecule has 0 saturated carbocycles. The number of amides is 1. The molecule has 0 N–H and O–H groups in total. The van der Waals surface area contributed by atoms with Crippen molar-refractivity contribution in [2.24, 2.45) is 0 Å². The number of ether oxygens (including phenoxy) is 1. The van der Waals surface area contributed by atoms with Gasteiger partial charge in [-0.05, 0) is 30.9 Å². The van der Waals surface area contributed by atoms with Crippen LogP contribution >= 0.6 is 0 Å². The zero-order valence-electron chi connectivity index (χ0n) is 14.7. The predicted octanol–water partition coefficient (Wildman–Crippen LogP) is 1.62. The minimum absolute atomic E-state index is 0.121. The molecule has 0 bridgehead atoms. The summed E-state index contributed by atoms with van der Waals surface area (Å²) >= 11 is 0. The number of hydrogen-bond acceptors (Lipinski definition) is 4. The third-order valence-electron chi connectivity index (χ3n) is 4.99. The number of rotatable bonds is 4. The molecule has 1 saturated heterocycles. The van der Waals surface area contributed by atoms with E-state index in [-0.39, 0.29) is 12.1 Å². The van der Waals surface area contributed by atoms with Gasteiger partial charge in [-0.25, -0.2) is 4.79 Å². The average molecular weight is 367 g/mol. The summed E-state index contributed by atoms with van der Waals surface area (Å²) < 4.78 is 33.9. The van der Waals surface area contributed by atoms with Crippen molar-refractivity contribution >= 4 is 16.3 Å². The molecular formula is C17H25N3O4S. The van der Waals surface area contributed by atoms with Crippen molar-refractivity contribution in [2.45, 2.75) is 25.8 Å². The van der Waals surface area contributed by atoms with Gasteiger partial charge in [0.25, 0.3) is 10.2 Å². The summed E-state index contributed by atoms with van der Waals surface area (Å²) in [6.07, 6.45) is 1.33. The largest absolute Gasteiger partial charge is 0.450 e. The van der Waals surface area contributed by atoms with Crippen LogP contribution in [0.25, 0.3) is 0 Å². The monoisotopic (exact) mass is 367 g/mol. The van der Waals surface area contributed by atoms with Gasteiger partial charge in [0.1, 0.15) is 0 Å². The van der Waals surface area contributed by atoms with Crippen molar-refractivity contribution in [3.8, 4) is 0 Å². The Morgan fingerprint density at radius 2 is 1.92 bits per heavy atom. The molecule has 1 amide bonds. The number of fused-ring (bicyclic) bond motifs is 1. The van der Waals surface area contributed by atoms with Gasteiger partial charge >= 0.3 is 6.09 Å². The van der Waals surface area contributed by atoms with E-state index >= 15 is 0 Å². The first-order chi connectivity index (χ1) is 11.9. The van der Waals surface area contributed by atoms with Crippen molar-refractivity contribution in [3.63, 3.8) is 0 Å². The third-order valence-corrected chi connectivity index (χ3v) is 7.00. The lowest BCUT2D eigenvalue weighted by Gasteiger charge is -2.36. The third kappa shape index (κ3) is 3.51. The second kappa shape index (κ2) is 7.31. The molecule has 3 rings (SSSR count).